The summed E-state index contributed by atoms with van der Waals surface area (Å²) in [6.07, 6.45) is 2.65. The van der Waals surface area contributed by atoms with Crippen molar-refractivity contribution in [3.05, 3.63) is 45.7 Å². The highest BCUT2D eigenvalue weighted by Gasteiger charge is 2.15. The Balaban J connectivity index is 2.34. The fraction of sp³-hybridized carbons (Fsp3) is 0.333. The first-order valence-electron chi connectivity index (χ1n) is 5.71. The predicted octanol–water partition coefficient (Wildman–Crippen LogP) is 3.04. The molecule has 1 atom stereocenters. The van der Waals surface area contributed by atoms with Crippen LogP contribution in [0.15, 0.2) is 24.4 Å². The number of aromatic nitrogens is 3. The van der Waals surface area contributed by atoms with Gasteiger partial charge in [-0.2, -0.15) is 0 Å². The van der Waals surface area contributed by atoms with E-state index in [1.54, 1.807) is 29.1 Å². The Morgan fingerprint density at radius 2 is 1.94 bits per heavy atom. The molecule has 2 N–H and O–H groups in total. The van der Waals surface area contributed by atoms with Gasteiger partial charge in [0.2, 0.25) is 0 Å². The van der Waals surface area contributed by atoms with Crippen LogP contribution in [-0.4, -0.2) is 15.0 Å². The van der Waals surface area contributed by atoms with Gasteiger partial charge in [0.15, 0.2) is 0 Å². The molecule has 2 rings (SSSR count). The second-order valence-corrected chi connectivity index (χ2v) is 4.94. The van der Waals surface area contributed by atoms with Crippen LogP contribution in [0.25, 0.3) is 0 Å². The lowest BCUT2D eigenvalue weighted by molar-refractivity contribution is 0.543. The van der Waals surface area contributed by atoms with Gasteiger partial charge < -0.3 is 5.73 Å². The number of benzene rings is 1. The first kappa shape index (κ1) is 13.3. The number of nitrogens with zero attached hydrogens (tertiary/aromatic N) is 3. The van der Waals surface area contributed by atoms with E-state index in [0.29, 0.717) is 10.0 Å². The Bertz CT molecular complexity index is 518. The van der Waals surface area contributed by atoms with E-state index in [1.807, 2.05) is 0 Å². The smallest absolute Gasteiger partial charge is 0.0799 e. The average Bonchev–Trinajstić information content (AvgIpc) is 2.75. The van der Waals surface area contributed by atoms with Crippen molar-refractivity contribution in [1.29, 1.82) is 0 Å². The summed E-state index contributed by atoms with van der Waals surface area (Å²) in [7, 11) is 0. The van der Waals surface area contributed by atoms with Crippen LogP contribution in [0.5, 0.6) is 0 Å². The molecule has 4 nitrogen and oxygen atoms in total. The number of hydrogen-bond donors (Lipinski definition) is 1. The number of rotatable bonds is 4. The molecule has 0 radical (unpaired) electrons. The van der Waals surface area contributed by atoms with Crippen LogP contribution in [0.2, 0.25) is 10.0 Å². The fourth-order valence-electron chi connectivity index (χ4n) is 1.82. The molecule has 0 fully saturated rings. The Morgan fingerprint density at radius 1 is 1.28 bits per heavy atom. The molecule has 0 saturated heterocycles. The first-order valence-corrected chi connectivity index (χ1v) is 6.47. The molecule has 0 bridgehead atoms. The molecule has 1 aromatic heterocycles. The zero-order valence-corrected chi connectivity index (χ0v) is 11.5. The van der Waals surface area contributed by atoms with Crippen molar-refractivity contribution in [3.8, 4) is 0 Å². The summed E-state index contributed by atoms with van der Waals surface area (Å²) in [6, 6.07) is 4.96. The summed E-state index contributed by atoms with van der Waals surface area (Å²) >= 11 is 12.0. The zero-order valence-electron chi connectivity index (χ0n) is 9.98. The van der Waals surface area contributed by atoms with Crippen molar-refractivity contribution < 1.29 is 0 Å². The fourth-order valence-corrected chi connectivity index (χ4v) is 2.36. The zero-order chi connectivity index (χ0) is 13.1. The Hall–Kier alpha value is -1.10. The molecule has 96 valence electrons. The summed E-state index contributed by atoms with van der Waals surface area (Å²) in [4.78, 5) is 0. The largest absolute Gasteiger partial charge is 0.319 e. The lowest BCUT2D eigenvalue weighted by Crippen LogP contribution is -2.17. The highest BCUT2D eigenvalue weighted by atomic mass is 35.5. The van der Waals surface area contributed by atoms with Crippen molar-refractivity contribution in [2.45, 2.75) is 25.9 Å². The second kappa shape index (κ2) is 5.69. The number of aryl methyl sites for hydroxylation is 1. The van der Waals surface area contributed by atoms with Gasteiger partial charge >= 0.3 is 0 Å². The van der Waals surface area contributed by atoms with Crippen molar-refractivity contribution in [2.75, 3.05) is 0 Å². The molecule has 0 saturated carbocycles. The number of halogens is 2. The molecule has 1 unspecified atom stereocenters. The van der Waals surface area contributed by atoms with Crippen LogP contribution in [0, 0.1) is 0 Å². The van der Waals surface area contributed by atoms with Gasteiger partial charge in [0.1, 0.15) is 0 Å². The maximum Gasteiger partial charge on any atom is 0.0799 e. The highest BCUT2D eigenvalue weighted by Crippen LogP contribution is 2.25. The third kappa shape index (κ3) is 2.83. The SMILES string of the molecule is CCCn1nncc1C(N)c1cc(Cl)cc(Cl)c1. The minimum Gasteiger partial charge on any atom is -0.319 e. The lowest BCUT2D eigenvalue weighted by Gasteiger charge is -2.14. The van der Waals surface area contributed by atoms with E-state index in [-0.39, 0.29) is 6.04 Å². The van der Waals surface area contributed by atoms with E-state index in [1.165, 1.54) is 0 Å². The minimum absolute atomic E-state index is 0.331. The highest BCUT2D eigenvalue weighted by molar-refractivity contribution is 6.34. The molecule has 0 amide bonds. The second-order valence-electron chi connectivity index (χ2n) is 4.06. The molecule has 18 heavy (non-hydrogen) atoms. The molecule has 6 heteroatoms. The molecular weight excluding hydrogens is 271 g/mol. The monoisotopic (exact) mass is 284 g/mol. The normalized spacial score (nSPS) is 12.7. The van der Waals surface area contributed by atoms with Crippen molar-refractivity contribution in [3.63, 3.8) is 0 Å². The van der Waals surface area contributed by atoms with Gasteiger partial charge in [-0.15, -0.1) is 5.10 Å². The predicted molar refractivity (Wildman–Crippen MR) is 72.8 cm³/mol. The van der Waals surface area contributed by atoms with Crippen LogP contribution in [0.1, 0.15) is 30.6 Å². The standard InChI is InChI=1S/C12H14Cl2N4/c1-2-3-18-11(7-16-17-18)12(15)8-4-9(13)6-10(14)5-8/h4-7,12H,2-3,15H2,1H3. The number of nitrogens with two attached hydrogens (primary N) is 1. The van der Waals surface area contributed by atoms with E-state index >= 15 is 0 Å². The van der Waals surface area contributed by atoms with Gasteiger partial charge in [0, 0.05) is 16.6 Å². The quantitative estimate of drug-likeness (QED) is 0.939. The molecule has 0 aliphatic carbocycles. The average molecular weight is 285 g/mol. The Labute approximate surface area is 116 Å². The van der Waals surface area contributed by atoms with Crippen LogP contribution in [-0.2, 0) is 6.54 Å². The van der Waals surface area contributed by atoms with Gasteiger partial charge in [-0.25, -0.2) is 4.68 Å². The van der Waals surface area contributed by atoms with Crippen LogP contribution in [0.3, 0.4) is 0 Å². The van der Waals surface area contributed by atoms with E-state index in [9.17, 15) is 0 Å². The van der Waals surface area contributed by atoms with Gasteiger partial charge in [0.05, 0.1) is 17.9 Å². The topological polar surface area (TPSA) is 56.7 Å². The van der Waals surface area contributed by atoms with Gasteiger partial charge in [-0.1, -0.05) is 35.3 Å². The van der Waals surface area contributed by atoms with Crippen LogP contribution in [0.4, 0.5) is 0 Å². The summed E-state index contributed by atoms with van der Waals surface area (Å²) in [5.74, 6) is 0. The Kier molecular flexibility index (Phi) is 4.22. The summed E-state index contributed by atoms with van der Waals surface area (Å²) in [5, 5.41) is 9.06. The maximum absolute atomic E-state index is 6.21. The molecule has 0 aliphatic heterocycles. The first-order chi connectivity index (χ1) is 8.61. The lowest BCUT2D eigenvalue weighted by atomic mass is 10.1. The number of hydrogen-bond acceptors (Lipinski definition) is 3. The molecule has 2 aromatic rings. The van der Waals surface area contributed by atoms with Crippen LogP contribution >= 0.6 is 23.2 Å². The van der Waals surface area contributed by atoms with Gasteiger partial charge in [0.25, 0.3) is 0 Å². The molecule has 0 aliphatic rings. The molecule has 1 heterocycles. The Morgan fingerprint density at radius 3 is 2.56 bits per heavy atom. The maximum atomic E-state index is 6.21. The summed E-state index contributed by atoms with van der Waals surface area (Å²) in [6.45, 7) is 2.87. The minimum atomic E-state index is -0.331. The molecular formula is C12H14Cl2N4. The van der Waals surface area contributed by atoms with Crippen molar-refractivity contribution in [2.24, 2.45) is 5.73 Å². The summed E-state index contributed by atoms with van der Waals surface area (Å²) in [5.41, 5.74) is 7.92. The van der Waals surface area contributed by atoms with Crippen molar-refractivity contribution >= 4 is 23.2 Å². The molecule has 0 spiro atoms. The van der Waals surface area contributed by atoms with E-state index in [4.69, 9.17) is 28.9 Å². The molecule has 1 aromatic carbocycles. The van der Waals surface area contributed by atoms with E-state index < -0.39 is 0 Å². The third-order valence-corrected chi connectivity index (χ3v) is 3.08. The van der Waals surface area contributed by atoms with Gasteiger partial charge in [-0.05, 0) is 30.2 Å². The van der Waals surface area contributed by atoms with Gasteiger partial charge in [-0.3, -0.25) is 0 Å². The van der Waals surface area contributed by atoms with E-state index in [2.05, 4.69) is 17.2 Å². The van der Waals surface area contributed by atoms with Crippen LogP contribution < -0.4 is 5.73 Å². The summed E-state index contributed by atoms with van der Waals surface area (Å²) < 4.78 is 1.81. The third-order valence-electron chi connectivity index (χ3n) is 2.65. The van der Waals surface area contributed by atoms with E-state index in [0.717, 1.165) is 24.2 Å². The van der Waals surface area contributed by atoms with Crippen molar-refractivity contribution in [1.82, 2.24) is 15.0 Å².